The Bertz CT molecular complexity index is 674. The molecular weight excluding hydrogens is 311 g/mol. The standard InChI is InChI=1S/C12H7Cl3N2O2/c13-7-4-9(15)8(14)3-6(7)10-5(12(18)19)1-2-17-11(10)16/h1-4H,(H2,16,17)(H,18,19). The first-order valence-corrected chi connectivity index (χ1v) is 6.18. The summed E-state index contributed by atoms with van der Waals surface area (Å²) in [7, 11) is 0. The lowest BCUT2D eigenvalue weighted by Gasteiger charge is -2.11. The fraction of sp³-hybridized carbons (Fsp3) is 0. The molecule has 0 unspecified atom stereocenters. The van der Waals surface area contributed by atoms with Gasteiger partial charge < -0.3 is 10.8 Å². The molecule has 1 aromatic carbocycles. The van der Waals surface area contributed by atoms with E-state index < -0.39 is 5.97 Å². The summed E-state index contributed by atoms with van der Waals surface area (Å²) in [4.78, 5) is 15.1. The highest BCUT2D eigenvalue weighted by Gasteiger charge is 2.19. The van der Waals surface area contributed by atoms with Gasteiger partial charge in [0.25, 0.3) is 0 Å². The number of carboxylic acids is 1. The Morgan fingerprint density at radius 3 is 2.42 bits per heavy atom. The summed E-state index contributed by atoms with van der Waals surface area (Å²) in [5.74, 6) is -1.08. The number of nitrogens with two attached hydrogens (primary N) is 1. The highest BCUT2D eigenvalue weighted by Crippen LogP contribution is 2.38. The molecule has 0 atom stereocenters. The highest BCUT2D eigenvalue weighted by atomic mass is 35.5. The van der Waals surface area contributed by atoms with Crippen molar-refractivity contribution in [2.75, 3.05) is 5.73 Å². The number of carboxylic acid groups (broad SMARTS) is 1. The highest BCUT2D eigenvalue weighted by molar-refractivity contribution is 6.44. The number of nitrogen functional groups attached to an aromatic ring is 1. The summed E-state index contributed by atoms with van der Waals surface area (Å²) in [5.41, 5.74) is 6.33. The molecule has 0 saturated heterocycles. The van der Waals surface area contributed by atoms with Crippen LogP contribution in [0, 0.1) is 0 Å². The summed E-state index contributed by atoms with van der Waals surface area (Å²) < 4.78 is 0. The minimum Gasteiger partial charge on any atom is -0.478 e. The van der Waals surface area contributed by atoms with E-state index in [4.69, 9.17) is 40.5 Å². The van der Waals surface area contributed by atoms with Gasteiger partial charge in [-0.3, -0.25) is 0 Å². The summed E-state index contributed by atoms with van der Waals surface area (Å²) >= 11 is 17.8. The van der Waals surface area contributed by atoms with E-state index in [1.165, 1.54) is 24.4 Å². The van der Waals surface area contributed by atoms with Crippen LogP contribution in [0.4, 0.5) is 5.82 Å². The van der Waals surface area contributed by atoms with Gasteiger partial charge in [0.15, 0.2) is 0 Å². The van der Waals surface area contributed by atoms with Gasteiger partial charge in [-0.25, -0.2) is 9.78 Å². The number of hydrogen-bond acceptors (Lipinski definition) is 3. The average molecular weight is 318 g/mol. The monoisotopic (exact) mass is 316 g/mol. The van der Waals surface area contributed by atoms with Gasteiger partial charge in [-0.05, 0) is 18.2 Å². The van der Waals surface area contributed by atoms with Crippen LogP contribution in [-0.2, 0) is 0 Å². The number of aromatic nitrogens is 1. The van der Waals surface area contributed by atoms with Crippen LogP contribution < -0.4 is 5.73 Å². The molecule has 0 saturated carbocycles. The van der Waals surface area contributed by atoms with Crippen molar-refractivity contribution in [1.29, 1.82) is 0 Å². The largest absolute Gasteiger partial charge is 0.478 e. The van der Waals surface area contributed by atoms with Gasteiger partial charge >= 0.3 is 5.97 Å². The van der Waals surface area contributed by atoms with E-state index in [0.29, 0.717) is 5.56 Å². The van der Waals surface area contributed by atoms with E-state index in [2.05, 4.69) is 4.98 Å². The van der Waals surface area contributed by atoms with Gasteiger partial charge in [-0.15, -0.1) is 0 Å². The van der Waals surface area contributed by atoms with Gasteiger partial charge in [0.1, 0.15) is 5.82 Å². The van der Waals surface area contributed by atoms with Crippen molar-refractivity contribution in [3.05, 3.63) is 45.0 Å². The number of carbonyl (C=O) groups is 1. The van der Waals surface area contributed by atoms with Crippen molar-refractivity contribution >= 4 is 46.6 Å². The number of halogens is 3. The summed E-state index contributed by atoms with van der Waals surface area (Å²) in [6.07, 6.45) is 1.31. The van der Waals surface area contributed by atoms with E-state index in [0.717, 1.165) is 0 Å². The molecule has 0 aliphatic carbocycles. The van der Waals surface area contributed by atoms with E-state index in [1.807, 2.05) is 0 Å². The summed E-state index contributed by atoms with van der Waals surface area (Å²) in [6.45, 7) is 0. The van der Waals surface area contributed by atoms with Gasteiger partial charge in [0, 0.05) is 17.3 Å². The van der Waals surface area contributed by atoms with E-state index in [-0.39, 0.29) is 32.0 Å². The Hall–Kier alpha value is -1.49. The molecule has 4 nitrogen and oxygen atoms in total. The Morgan fingerprint density at radius 1 is 1.16 bits per heavy atom. The molecule has 0 bridgehead atoms. The zero-order valence-corrected chi connectivity index (χ0v) is 11.6. The van der Waals surface area contributed by atoms with Crippen molar-refractivity contribution in [3.63, 3.8) is 0 Å². The van der Waals surface area contributed by atoms with Crippen LogP contribution in [0.25, 0.3) is 11.1 Å². The maximum Gasteiger partial charge on any atom is 0.336 e. The zero-order chi connectivity index (χ0) is 14.2. The number of hydrogen-bond donors (Lipinski definition) is 2. The third-order valence-electron chi connectivity index (χ3n) is 2.49. The lowest BCUT2D eigenvalue weighted by atomic mass is 10.0. The molecule has 7 heteroatoms. The van der Waals surface area contributed by atoms with Crippen molar-refractivity contribution in [2.24, 2.45) is 0 Å². The smallest absolute Gasteiger partial charge is 0.336 e. The second-order valence-corrected chi connectivity index (χ2v) is 4.89. The second kappa shape index (κ2) is 5.25. The molecule has 0 aliphatic heterocycles. The molecule has 3 N–H and O–H groups in total. The van der Waals surface area contributed by atoms with Gasteiger partial charge in [-0.2, -0.15) is 0 Å². The van der Waals surface area contributed by atoms with Gasteiger partial charge in [0.2, 0.25) is 0 Å². The SMILES string of the molecule is Nc1nccc(C(=O)O)c1-c1cc(Cl)c(Cl)cc1Cl. The van der Waals surface area contributed by atoms with Crippen LogP contribution in [0.15, 0.2) is 24.4 Å². The molecule has 2 aromatic rings. The third kappa shape index (κ3) is 2.61. The lowest BCUT2D eigenvalue weighted by Crippen LogP contribution is -2.04. The molecule has 98 valence electrons. The van der Waals surface area contributed by atoms with Crippen molar-refractivity contribution in [3.8, 4) is 11.1 Å². The topological polar surface area (TPSA) is 76.2 Å². The molecule has 19 heavy (non-hydrogen) atoms. The Morgan fingerprint density at radius 2 is 1.79 bits per heavy atom. The molecule has 1 aromatic heterocycles. The first-order valence-electron chi connectivity index (χ1n) is 5.04. The van der Waals surface area contributed by atoms with Gasteiger partial charge in [-0.1, -0.05) is 34.8 Å². The molecule has 0 spiro atoms. The van der Waals surface area contributed by atoms with Crippen LogP contribution in [0.3, 0.4) is 0 Å². The number of anilines is 1. The molecule has 0 aliphatic rings. The molecule has 0 radical (unpaired) electrons. The van der Waals surface area contributed by atoms with Crippen molar-refractivity contribution < 1.29 is 9.90 Å². The number of benzene rings is 1. The van der Waals surface area contributed by atoms with Crippen LogP contribution in [0.5, 0.6) is 0 Å². The normalized spacial score (nSPS) is 10.5. The van der Waals surface area contributed by atoms with Crippen LogP contribution in [-0.4, -0.2) is 16.1 Å². The molecule has 0 fully saturated rings. The van der Waals surface area contributed by atoms with E-state index in [1.54, 1.807) is 0 Å². The fourth-order valence-corrected chi connectivity index (χ4v) is 2.29. The molecular formula is C12H7Cl3N2O2. The average Bonchev–Trinajstić information content (AvgIpc) is 2.34. The van der Waals surface area contributed by atoms with Crippen molar-refractivity contribution in [2.45, 2.75) is 0 Å². The molecule has 0 amide bonds. The Balaban J connectivity index is 2.79. The molecule has 2 rings (SSSR count). The predicted molar refractivity (Wildman–Crippen MR) is 76.1 cm³/mol. The van der Waals surface area contributed by atoms with Gasteiger partial charge in [0.05, 0.1) is 20.6 Å². The van der Waals surface area contributed by atoms with Crippen LogP contribution in [0.1, 0.15) is 10.4 Å². The maximum absolute atomic E-state index is 11.2. The third-order valence-corrected chi connectivity index (χ3v) is 3.52. The number of aromatic carboxylic acids is 1. The Kier molecular flexibility index (Phi) is 3.85. The van der Waals surface area contributed by atoms with Crippen LogP contribution in [0.2, 0.25) is 15.1 Å². The second-order valence-electron chi connectivity index (χ2n) is 3.67. The first-order chi connectivity index (χ1) is 8.91. The zero-order valence-electron chi connectivity index (χ0n) is 9.32. The van der Waals surface area contributed by atoms with Crippen molar-refractivity contribution in [1.82, 2.24) is 4.98 Å². The number of nitrogens with zero attached hydrogens (tertiary/aromatic N) is 1. The Labute approximate surface area is 123 Å². The fourth-order valence-electron chi connectivity index (χ4n) is 1.65. The number of pyridine rings is 1. The van der Waals surface area contributed by atoms with Crippen LogP contribution >= 0.6 is 34.8 Å². The molecule has 1 heterocycles. The quantitative estimate of drug-likeness (QED) is 0.821. The minimum atomic E-state index is -1.13. The minimum absolute atomic E-state index is 0.00668. The lowest BCUT2D eigenvalue weighted by molar-refractivity contribution is 0.0697. The first kappa shape index (κ1) is 13.9. The van der Waals surface area contributed by atoms with E-state index >= 15 is 0 Å². The summed E-state index contributed by atoms with van der Waals surface area (Å²) in [5, 5.41) is 9.95. The maximum atomic E-state index is 11.2. The predicted octanol–water partition coefficient (Wildman–Crippen LogP) is 3.99. The number of rotatable bonds is 2. The summed E-state index contributed by atoms with van der Waals surface area (Å²) in [6, 6.07) is 4.23. The van der Waals surface area contributed by atoms with E-state index in [9.17, 15) is 9.90 Å².